The van der Waals surface area contributed by atoms with E-state index in [1.54, 1.807) is 45.0 Å². The van der Waals surface area contributed by atoms with Crippen LogP contribution in [0.15, 0.2) is 35.4 Å². The molecule has 2 aromatic heterocycles. The molecule has 130 valence electrons. The number of anilines is 2. The van der Waals surface area contributed by atoms with E-state index in [2.05, 4.69) is 20.3 Å². The van der Waals surface area contributed by atoms with Crippen molar-refractivity contribution in [3.05, 3.63) is 41.1 Å². The molecule has 4 N–H and O–H groups in total. The number of carbonyl (C=O) groups excluding carboxylic acids is 1. The van der Waals surface area contributed by atoms with Gasteiger partial charge in [-0.15, -0.1) is 0 Å². The third kappa shape index (κ3) is 3.44. The third-order valence-corrected chi connectivity index (χ3v) is 3.25. The number of fused-ring (bicyclic) bond motifs is 1. The Morgan fingerprint density at radius 3 is 2.80 bits per heavy atom. The topological polar surface area (TPSA) is 128 Å². The van der Waals surface area contributed by atoms with Gasteiger partial charge in [0.05, 0.1) is 5.69 Å². The van der Waals surface area contributed by atoms with E-state index in [9.17, 15) is 9.59 Å². The maximum Gasteiger partial charge on any atom is 0.412 e. The quantitative estimate of drug-likeness (QED) is 0.654. The number of aromatic nitrogens is 4. The monoisotopic (exact) mass is 342 g/mol. The van der Waals surface area contributed by atoms with Crippen LogP contribution in [0.2, 0.25) is 0 Å². The summed E-state index contributed by atoms with van der Waals surface area (Å²) in [5.41, 5.74) is 6.46. The second-order valence-corrected chi connectivity index (χ2v) is 6.40. The number of nitrogens with one attached hydrogen (secondary N) is 2. The molecule has 2 heterocycles. The van der Waals surface area contributed by atoms with E-state index in [4.69, 9.17) is 10.5 Å². The van der Waals surface area contributed by atoms with E-state index in [1.165, 1.54) is 10.9 Å². The summed E-state index contributed by atoms with van der Waals surface area (Å²) in [5.74, 6) is 0.184. The Kier molecular flexibility index (Phi) is 3.91. The lowest BCUT2D eigenvalue weighted by molar-refractivity contribution is 0.0636. The fraction of sp³-hybridized carbons (Fsp3) is 0.250. The third-order valence-electron chi connectivity index (χ3n) is 3.25. The van der Waals surface area contributed by atoms with E-state index >= 15 is 0 Å². The van der Waals surface area contributed by atoms with Gasteiger partial charge in [0.15, 0.2) is 11.5 Å². The van der Waals surface area contributed by atoms with Gasteiger partial charge in [-0.3, -0.25) is 5.32 Å². The number of imidazole rings is 1. The number of ether oxygens (including phenoxy) is 1. The smallest absolute Gasteiger partial charge is 0.412 e. The van der Waals surface area contributed by atoms with Crippen molar-refractivity contribution in [3.8, 4) is 5.69 Å². The molecule has 0 aliphatic rings. The largest absolute Gasteiger partial charge is 0.444 e. The predicted molar refractivity (Wildman–Crippen MR) is 93.8 cm³/mol. The highest BCUT2D eigenvalue weighted by Gasteiger charge is 2.17. The summed E-state index contributed by atoms with van der Waals surface area (Å²) in [6.45, 7) is 5.33. The van der Waals surface area contributed by atoms with E-state index in [0.717, 1.165) is 0 Å². The number of hydrogen-bond acceptors (Lipinski definition) is 6. The van der Waals surface area contributed by atoms with Crippen molar-refractivity contribution in [2.45, 2.75) is 26.4 Å². The molecular formula is C16H18N6O3. The summed E-state index contributed by atoms with van der Waals surface area (Å²) >= 11 is 0. The van der Waals surface area contributed by atoms with Crippen molar-refractivity contribution in [3.63, 3.8) is 0 Å². The second-order valence-electron chi connectivity index (χ2n) is 6.40. The minimum Gasteiger partial charge on any atom is -0.444 e. The molecule has 9 heteroatoms. The van der Waals surface area contributed by atoms with Crippen LogP contribution in [-0.2, 0) is 4.74 Å². The van der Waals surface area contributed by atoms with Gasteiger partial charge in [0.25, 0.3) is 0 Å². The van der Waals surface area contributed by atoms with Crippen molar-refractivity contribution in [1.82, 2.24) is 19.5 Å². The maximum atomic E-state index is 12.3. The van der Waals surface area contributed by atoms with Crippen molar-refractivity contribution in [2.75, 3.05) is 11.1 Å². The minimum absolute atomic E-state index is 0.184. The van der Waals surface area contributed by atoms with Gasteiger partial charge < -0.3 is 15.5 Å². The predicted octanol–water partition coefficient (Wildman–Crippen LogP) is 2.04. The summed E-state index contributed by atoms with van der Waals surface area (Å²) in [4.78, 5) is 34.8. The lowest BCUT2D eigenvalue weighted by Crippen LogP contribution is -2.27. The Hall–Kier alpha value is -3.36. The first-order chi connectivity index (χ1) is 11.7. The molecule has 3 aromatic rings. The lowest BCUT2D eigenvalue weighted by atomic mass is 10.2. The van der Waals surface area contributed by atoms with Crippen molar-refractivity contribution >= 4 is 28.8 Å². The molecule has 0 spiro atoms. The molecule has 1 amide bonds. The van der Waals surface area contributed by atoms with Crippen LogP contribution in [-0.4, -0.2) is 31.2 Å². The van der Waals surface area contributed by atoms with Gasteiger partial charge in [-0.1, -0.05) is 6.07 Å². The Balaban J connectivity index is 1.98. The molecule has 1 aromatic carbocycles. The van der Waals surface area contributed by atoms with Gasteiger partial charge in [0.2, 0.25) is 0 Å². The van der Waals surface area contributed by atoms with Gasteiger partial charge in [0.1, 0.15) is 17.4 Å². The van der Waals surface area contributed by atoms with Gasteiger partial charge in [0, 0.05) is 5.69 Å². The summed E-state index contributed by atoms with van der Waals surface area (Å²) in [6, 6.07) is 6.75. The maximum absolute atomic E-state index is 12.3. The van der Waals surface area contributed by atoms with Gasteiger partial charge in [-0.25, -0.2) is 24.1 Å². The molecule has 0 atom stereocenters. The van der Waals surface area contributed by atoms with Crippen LogP contribution < -0.4 is 16.7 Å². The van der Waals surface area contributed by atoms with E-state index < -0.39 is 17.4 Å². The zero-order valence-corrected chi connectivity index (χ0v) is 14.0. The summed E-state index contributed by atoms with van der Waals surface area (Å²) < 4.78 is 6.57. The van der Waals surface area contributed by atoms with Gasteiger partial charge in [-0.2, -0.15) is 0 Å². The second kappa shape index (κ2) is 5.93. The molecule has 0 saturated carbocycles. The number of H-pyrrole nitrogens is 1. The number of nitrogen functional groups attached to an aromatic ring is 1. The highest BCUT2D eigenvalue weighted by atomic mass is 16.6. The number of hydrogen-bond donors (Lipinski definition) is 3. The van der Waals surface area contributed by atoms with Crippen LogP contribution in [0.1, 0.15) is 20.8 Å². The summed E-state index contributed by atoms with van der Waals surface area (Å²) in [7, 11) is 0. The molecule has 0 saturated heterocycles. The number of nitrogens with two attached hydrogens (primary N) is 1. The molecule has 0 aliphatic heterocycles. The molecule has 0 aliphatic carbocycles. The molecule has 0 radical (unpaired) electrons. The Bertz CT molecular complexity index is 999. The van der Waals surface area contributed by atoms with Gasteiger partial charge >= 0.3 is 11.8 Å². The number of nitrogens with zero attached hydrogens (tertiary/aromatic N) is 3. The SMILES string of the molecule is CC(C)(C)OC(=O)Nc1cccc(-n2c(=O)[nH]c3c(N)ncnc32)c1. The van der Waals surface area contributed by atoms with Crippen LogP contribution in [0.4, 0.5) is 16.3 Å². The molecule has 0 bridgehead atoms. The van der Waals surface area contributed by atoms with E-state index in [1.807, 2.05) is 0 Å². The number of carbonyl (C=O) groups is 1. The highest BCUT2D eigenvalue weighted by Crippen LogP contribution is 2.19. The fourth-order valence-electron chi connectivity index (χ4n) is 2.32. The first kappa shape index (κ1) is 16.5. The molecule has 0 fully saturated rings. The Labute approximate surface area is 142 Å². The molecule has 3 rings (SSSR count). The standard InChI is InChI=1S/C16H18N6O3/c1-16(2,3)25-15(24)20-9-5-4-6-10(7-9)22-13-11(21-14(22)23)12(17)18-8-19-13/h4-8H,1-3H3,(H,20,24)(H,21,23)(H2,17,18,19). The number of amides is 1. The van der Waals surface area contributed by atoms with Crippen molar-refractivity contribution in [2.24, 2.45) is 0 Å². The minimum atomic E-state index is -0.607. The molecular weight excluding hydrogens is 324 g/mol. The summed E-state index contributed by atoms with van der Waals surface area (Å²) in [6.07, 6.45) is 0.701. The molecule has 0 unspecified atom stereocenters. The van der Waals surface area contributed by atoms with Crippen molar-refractivity contribution in [1.29, 1.82) is 0 Å². The first-order valence-corrected chi connectivity index (χ1v) is 7.56. The Morgan fingerprint density at radius 1 is 1.32 bits per heavy atom. The molecule has 25 heavy (non-hydrogen) atoms. The van der Waals surface area contributed by atoms with E-state index in [0.29, 0.717) is 22.5 Å². The average Bonchev–Trinajstić information content (AvgIpc) is 2.83. The number of benzene rings is 1. The zero-order valence-electron chi connectivity index (χ0n) is 14.0. The molecule has 9 nitrogen and oxygen atoms in total. The first-order valence-electron chi connectivity index (χ1n) is 7.56. The van der Waals surface area contributed by atoms with Crippen LogP contribution in [0.3, 0.4) is 0 Å². The van der Waals surface area contributed by atoms with E-state index in [-0.39, 0.29) is 5.82 Å². The van der Waals surface area contributed by atoms with Crippen LogP contribution in [0, 0.1) is 0 Å². The van der Waals surface area contributed by atoms with Crippen LogP contribution >= 0.6 is 0 Å². The van der Waals surface area contributed by atoms with Crippen molar-refractivity contribution < 1.29 is 9.53 Å². The highest BCUT2D eigenvalue weighted by molar-refractivity contribution is 5.86. The zero-order chi connectivity index (χ0) is 18.2. The van der Waals surface area contributed by atoms with Crippen LogP contribution in [0.5, 0.6) is 0 Å². The average molecular weight is 342 g/mol. The number of aromatic amines is 1. The summed E-state index contributed by atoms with van der Waals surface area (Å²) in [5, 5.41) is 2.64. The lowest BCUT2D eigenvalue weighted by Gasteiger charge is -2.19. The fourth-order valence-corrected chi connectivity index (χ4v) is 2.32. The number of rotatable bonds is 2. The van der Waals surface area contributed by atoms with Gasteiger partial charge in [-0.05, 0) is 39.0 Å². The normalized spacial score (nSPS) is 11.5. The Morgan fingerprint density at radius 2 is 2.08 bits per heavy atom. The van der Waals surface area contributed by atoms with Crippen LogP contribution in [0.25, 0.3) is 16.9 Å².